The molecule has 0 amide bonds. The predicted molar refractivity (Wildman–Crippen MR) is 285 cm³/mol. The first-order chi connectivity index (χ1) is 33.2. The van der Waals surface area contributed by atoms with Crippen molar-refractivity contribution in [3.8, 4) is 44.5 Å². The van der Waals surface area contributed by atoms with Crippen molar-refractivity contribution in [2.75, 3.05) is 0 Å². The van der Waals surface area contributed by atoms with Crippen LogP contribution in [-0.2, 0) is 16.2 Å². The number of rotatable bonds is 2. The number of hydrogen-bond acceptors (Lipinski definition) is 0. The Hall–Kier alpha value is -7.80. The fourth-order valence-corrected chi connectivity index (χ4v) is 12.6. The quantitative estimate of drug-likeness (QED) is 0.162. The molecule has 0 radical (unpaired) electrons. The molecule has 0 saturated carbocycles. The van der Waals surface area contributed by atoms with Gasteiger partial charge in [0.2, 0.25) is 0 Å². The zero-order valence-electron chi connectivity index (χ0n) is 39.5. The van der Waals surface area contributed by atoms with Crippen LogP contribution in [0.4, 0.5) is 0 Å². The normalized spacial score (nSPS) is 14.6. The summed E-state index contributed by atoms with van der Waals surface area (Å²) in [7, 11) is 0. The Kier molecular flexibility index (Phi) is 9.75. The lowest BCUT2D eigenvalue weighted by atomic mass is 9.67. The van der Waals surface area contributed by atoms with Crippen molar-refractivity contribution in [1.82, 2.24) is 0 Å². The molecule has 0 heterocycles. The standard InChI is InChI=1S/C26H18.C26H20.C16H16/c1-17-14-15-21-20-10-4-7-13-24(20)26(25(21)16-17)22-11-5-2-8-18(22)19-9-3-6-12-23(19)26;1-19-16-17-23-22-14-8-9-15-24(22)26(25(23)18-19,20-10-4-2-5-11-20)21-12-6-3-7-13-21;1-11-8-9-13-12-6-4-5-7-14(12)16(2,3)15(13)10-11/h2-16H,1H3;2-18H,1H3;4-10H,1-3H3. The molecule has 10 aromatic rings. The minimum Gasteiger partial charge on any atom is -0.0622 e. The monoisotopic (exact) mass is 870 g/mol. The van der Waals surface area contributed by atoms with Gasteiger partial charge in [0.25, 0.3) is 0 Å². The average Bonchev–Trinajstić information content (AvgIpc) is 4.03. The van der Waals surface area contributed by atoms with Crippen molar-refractivity contribution in [2.24, 2.45) is 0 Å². The molecule has 326 valence electrons. The highest BCUT2D eigenvalue weighted by molar-refractivity contribution is 5.95. The van der Waals surface area contributed by atoms with Crippen LogP contribution < -0.4 is 0 Å². The van der Waals surface area contributed by atoms with Crippen LogP contribution in [0.25, 0.3) is 44.5 Å². The molecule has 0 N–H and O–H groups in total. The maximum atomic E-state index is 2.40. The summed E-state index contributed by atoms with van der Waals surface area (Å²) in [5.74, 6) is 0. The second kappa shape index (κ2) is 15.9. The van der Waals surface area contributed by atoms with E-state index < -0.39 is 0 Å². The average molecular weight is 871 g/mol. The topological polar surface area (TPSA) is 0 Å². The van der Waals surface area contributed by atoms with Gasteiger partial charge in [-0.25, -0.2) is 0 Å². The van der Waals surface area contributed by atoms with Crippen LogP contribution >= 0.6 is 0 Å². The van der Waals surface area contributed by atoms with Crippen LogP contribution in [0.1, 0.15) is 86.2 Å². The van der Waals surface area contributed by atoms with E-state index >= 15 is 0 Å². The van der Waals surface area contributed by atoms with Crippen LogP contribution in [0.2, 0.25) is 0 Å². The molecule has 4 aliphatic carbocycles. The third-order valence-corrected chi connectivity index (χ3v) is 15.5. The first-order valence-corrected chi connectivity index (χ1v) is 24.2. The summed E-state index contributed by atoms with van der Waals surface area (Å²) in [4.78, 5) is 0. The van der Waals surface area contributed by atoms with Crippen LogP contribution in [0.3, 0.4) is 0 Å². The largest absolute Gasteiger partial charge is 0.0725 e. The molecule has 0 fully saturated rings. The van der Waals surface area contributed by atoms with Gasteiger partial charge in [0, 0.05) is 5.41 Å². The lowest BCUT2D eigenvalue weighted by Crippen LogP contribution is -2.28. The van der Waals surface area contributed by atoms with E-state index in [0.29, 0.717) is 0 Å². The third-order valence-electron chi connectivity index (χ3n) is 15.5. The molecule has 0 nitrogen and oxygen atoms in total. The molecule has 0 aliphatic heterocycles. The zero-order chi connectivity index (χ0) is 46.2. The fourth-order valence-electron chi connectivity index (χ4n) is 12.6. The van der Waals surface area contributed by atoms with Gasteiger partial charge in [-0.05, 0) is 121 Å². The molecular formula is C68H54. The summed E-state index contributed by atoms with van der Waals surface area (Å²) in [5.41, 5.74) is 28.6. The third kappa shape index (κ3) is 6.00. The van der Waals surface area contributed by atoms with Crippen LogP contribution in [-0.4, -0.2) is 0 Å². The highest BCUT2D eigenvalue weighted by Gasteiger charge is 2.51. The Labute approximate surface area is 402 Å². The zero-order valence-corrected chi connectivity index (χ0v) is 39.5. The van der Waals surface area contributed by atoms with E-state index in [1.165, 1.54) is 117 Å². The van der Waals surface area contributed by atoms with Gasteiger partial charge in [-0.15, -0.1) is 0 Å². The molecule has 10 aromatic carbocycles. The van der Waals surface area contributed by atoms with E-state index in [1.807, 2.05) is 0 Å². The second-order valence-electron chi connectivity index (χ2n) is 19.7. The molecule has 0 saturated heterocycles. The molecule has 0 heteroatoms. The molecule has 1 spiro atoms. The van der Waals surface area contributed by atoms with Crippen molar-refractivity contribution in [1.29, 1.82) is 0 Å². The summed E-state index contributed by atoms with van der Waals surface area (Å²) in [6.07, 6.45) is 0. The van der Waals surface area contributed by atoms with E-state index in [0.717, 1.165) is 0 Å². The van der Waals surface area contributed by atoms with E-state index in [1.54, 1.807) is 0 Å². The van der Waals surface area contributed by atoms with Crippen LogP contribution in [0.15, 0.2) is 237 Å². The van der Waals surface area contributed by atoms with Gasteiger partial charge in [0.1, 0.15) is 0 Å². The molecule has 0 unspecified atom stereocenters. The van der Waals surface area contributed by atoms with E-state index in [9.17, 15) is 0 Å². The first-order valence-electron chi connectivity index (χ1n) is 24.2. The van der Waals surface area contributed by atoms with Crippen molar-refractivity contribution in [3.05, 3.63) is 309 Å². The molecule has 4 aliphatic rings. The maximum absolute atomic E-state index is 2.40. The molecule has 0 atom stereocenters. The highest BCUT2D eigenvalue weighted by Crippen LogP contribution is 2.63. The Morgan fingerprint density at radius 1 is 0.221 bits per heavy atom. The number of fused-ring (bicyclic) bond motifs is 16. The smallest absolute Gasteiger partial charge is 0.0622 e. The molecule has 0 aromatic heterocycles. The van der Waals surface area contributed by atoms with Crippen LogP contribution in [0.5, 0.6) is 0 Å². The predicted octanol–water partition coefficient (Wildman–Crippen LogP) is 17.0. The summed E-state index contributed by atoms with van der Waals surface area (Å²) < 4.78 is 0. The van der Waals surface area contributed by atoms with Gasteiger partial charge in [-0.2, -0.15) is 0 Å². The molecular weight excluding hydrogens is 817 g/mol. The molecule has 0 bridgehead atoms. The van der Waals surface area contributed by atoms with Crippen molar-refractivity contribution in [3.63, 3.8) is 0 Å². The van der Waals surface area contributed by atoms with Crippen molar-refractivity contribution < 1.29 is 0 Å². The summed E-state index contributed by atoms with van der Waals surface area (Å²) >= 11 is 0. The van der Waals surface area contributed by atoms with Gasteiger partial charge in [0.15, 0.2) is 0 Å². The van der Waals surface area contributed by atoms with Crippen molar-refractivity contribution in [2.45, 2.75) is 50.9 Å². The highest BCUT2D eigenvalue weighted by atomic mass is 14.5. The van der Waals surface area contributed by atoms with Crippen LogP contribution in [0, 0.1) is 20.8 Å². The lowest BCUT2D eigenvalue weighted by Gasteiger charge is -2.34. The minimum absolute atomic E-state index is 0.151. The maximum Gasteiger partial charge on any atom is 0.0725 e. The summed E-state index contributed by atoms with van der Waals surface area (Å²) in [6, 6.07) is 86.9. The van der Waals surface area contributed by atoms with Crippen molar-refractivity contribution >= 4 is 0 Å². The Bertz CT molecular complexity index is 3360. The van der Waals surface area contributed by atoms with Gasteiger partial charge >= 0.3 is 0 Å². The summed E-state index contributed by atoms with van der Waals surface area (Å²) in [6.45, 7) is 11.2. The molecule has 68 heavy (non-hydrogen) atoms. The Morgan fingerprint density at radius 3 is 0.882 bits per heavy atom. The van der Waals surface area contributed by atoms with Gasteiger partial charge in [0.05, 0.1) is 10.8 Å². The van der Waals surface area contributed by atoms with Gasteiger partial charge in [-0.3, -0.25) is 0 Å². The number of aryl methyl sites for hydroxylation is 3. The Balaban J connectivity index is 0.000000109. The summed E-state index contributed by atoms with van der Waals surface area (Å²) in [5, 5.41) is 0. The number of hydrogen-bond donors (Lipinski definition) is 0. The lowest BCUT2D eigenvalue weighted by molar-refractivity contribution is 0.660. The van der Waals surface area contributed by atoms with E-state index in [4.69, 9.17) is 0 Å². The van der Waals surface area contributed by atoms with E-state index in [-0.39, 0.29) is 16.2 Å². The van der Waals surface area contributed by atoms with E-state index in [2.05, 4.69) is 271 Å². The Morgan fingerprint density at radius 2 is 0.485 bits per heavy atom. The first kappa shape index (κ1) is 41.6. The minimum atomic E-state index is -0.263. The number of benzene rings is 10. The molecule has 14 rings (SSSR count). The fraction of sp³-hybridized carbons (Fsp3) is 0.118. The SMILES string of the molecule is Cc1ccc2c(c1)C(C)(C)c1ccccc1-2.Cc1ccc2c(c1)C(c1ccccc1)(c1ccccc1)c1ccccc1-2.Cc1ccc2c(c1)C1(c3ccccc3-c3ccccc31)c1ccccc1-2. The van der Waals surface area contributed by atoms with Gasteiger partial charge in [-0.1, -0.05) is 267 Å². The second-order valence-corrected chi connectivity index (χ2v) is 19.7. The van der Waals surface area contributed by atoms with Gasteiger partial charge < -0.3 is 0 Å².